The fourth-order valence-corrected chi connectivity index (χ4v) is 1.89. The predicted molar refractivity (Wildman–Crippen MR) is 59.9 cm³/mol. The van der Waals surface area contributed by atoms with Crippen LogP contribution in [0.1, 0.15) is 18.4 Å². The maximum Gasteiger partial charge on any atom is 0.181 e. The Labute approximate surface area is 95.6 Å². The molecule has 1 aromatic heterocycles. The van der Waals surface area contributed by atoms with Crippen molar-refractivity contribution in [3.63, 3.8) is 0 Å². The molecule has 0 spiro atoms. The van der Waals surface area contributed by atoms with Crippen molar-refractivity contribution in [3.05, 3.63) is 17.8 Å². The average molecular weight is 225 g/mol. The fraction of sp³-hybridized carbons (Fsp3) is 0.727. The number of oxazole rings is 1. The topological polar surface area (TPSA) is 64.5 Å². The van der Waals surface area contributed by atoms with E-state index in [1.54, 1.807) is 0 Å². The van der Waals surface area contributed by atoms with Crippen molar-refractivity contribution in [3.8, 4) is 0 Å². The van der Waals surface area contributed by atoms with E-state index in [4.69, 9.17) is 14.9 Å². The van der Waals surface area contributed by atoms with Crippen LogP contribution in [-0.4, -0.2) is 41.7 Å². The minimum absolute atomic E-state index is 0.0706. The van der Waals surface area contributed by atoms with Crippen LogP contribution in [0.3, 0.4) is 0 Å². The molecule has 0 amide bonds. The minimum Gasteiger partial charge on any atom is -0.448 e. The van der Waals surface area contributed by atoms with Crippen LogP contribution >= 0.6 is 0 Å². The van der Waals surface area contributed by atoms with Crippen LogP contribution in [0.15, 0.2) is 10.8 Å². The summed E-state index contributed by atoms with van der Waals surface area (Å²) < 4.78 is 10.8. The quantitative estimate of drug-likeness (QED) is 0.813. The van der Waals surface area contributed by atoms with E-state index in [1.807, 2.05) is 13.8 Å². The molecule has 90 valence electrons. The molecule has 2 rings (SSSR count). The van der Waals surface area contributed by atoms with Gasteiger partial charge in [0.15, 0.2) is 6.39 Å². The highest BCUT2D eigenvalue weighted by Crippen LogP contribution is 2.13. The van der Waals surface area contributed by atoms with E-state index in [-0.39, 0.29) is 12.1 Å². The Hall–Kier alpha value is -0.910. The Morgan fingerprint density at radius 1 is 1.69 bits per heavy atom. The van der Waals surface area contributed by atoms with E-state index in [2.05, 4.69) is 9.88 Å². The van der Waals surface area contributed by atoms with E-state index in [0.717, 1.165) is 37.7 Å². The number of hydrogen-bond donors (Lipinski definition) is 1. The maximum atomic E-state index is 5.85. The lowest BCUT2D eigenvalue weighted by atomic mass is 10.1. The lowest BCUT2D eigenvalue weighted by molar-refractivity contribution is -0.0407. The van der Waals surface area contributed by atoms with Crippen LogP contribution in [0.4, 0.5) is 0 Å². The first kappa shape index (κ1) is 11.6. The SMILES string of the molecule is Cc1ocnc1CN1CCOC(C(C)N)C1. The van der Waals surface area contributed by atoms with E-state index in [1.165, 1.54) is 6.39 Å². The average Bonchev–Trinajstić information content (AvgIpc) is 2.65. The maximum absolute atomic E-state index is 5.85. The third-order valence-electron chi connectivity index (χ3n) is 2.98. The Bertz CT molecular complexity index is 338. The third-order valence-corrected chi connectivity index (χ3v) is 2.98. The summed E-state index contributed by atoms with van der Waals surface area (Å²) >= 11 is 0. The Morgan fingerprint density at radius 2 is 2.50 bits per heavy atom. The van der Waals surface area contributed by atoms with Crippen LogP contribution in [-0.2, 0) is 11.3 Å². The number of nitrogens with two attached hydrogens (primary N) is 1. The van der Waals surface area contributed by atoms with E-state index in [9.17, 15) is 0 Å². The molecular weight excluding hydrogens is 206 g/mol. The fourth-order valence-electron chi connectivity index (χ4n) is 1.89. The molecule has 0 bridgehead atoms. The van der Waals surface area contributed by atoms with Gasteiger partial charge in [0.25, 0.3) is 0 Å². The van der Waals surface area contributed by atoms with Crippen molar-refractivity contribution >= 4 is 0 Å². The molecule has 2 heterocycles. The molecule has 2 atom stereocenters. The summed E-state index contributed by atoms with van der Waals surface area (Å²) in [6.45, 7) is 7.26. The highest BCUT2D eigenvalue weighted by molar-refractivity contribution is 5.04. The summed E-state index contributed by atoms with van der Waals surface area (Å²) in [6, 6.07) is 0.0706. The van der Waals surface area contributed by atoms with Crippen molar-refractivity contribution in [2.45, 2.75) is 32.5 Å². The van der Waals surface area contributed by atoms with Gasteiger partial charge in [0, 0.05) is 25.7 Å². The third kappa shape index (κ3) is 2.61. The zero-order valence-corrected chi connectivity index (χ0v) is 9.85. The lowest BCUT2D eigenvalue weighted by Crippen LogP contribution is -2.49. The van der Waals surface area contributed by atoms with Gasteiger partial charge in [0.1, 0.15) is 5.76 Å². The first-order chi connectivity index (χ1) is 7.66. The van der Waals surface area contributed by atoms with Gasteiger partial charge in [-0.25, -0.2) is 4.98 Å². The molecular formula is C11H19N3O2. The van der Waals surface area contributed by atoms with Crippen LogP contribution in [0, 0.1) is 6.92 Å². The number of rotatable bonds is 3. The zero-order valence-electron chi connectivity index (χ0n) is 9.85. The van der Waals surface area contributed by atoms with Crippen molar-refractivity contribution in [2.24, 2.45) is 5.73 Å². The van der Waals surface area contributed by atoms with Gasteiger partial charge in [0.2, 0.25) is 0 Å². The Balaban J connectivity index is 1.93. The molecule has 0 saturated carbocycles. The zero-order chi connectivity index (χ0) is 11.5. The number of ether oxygens (including phenoxy) is 1. The second-order valence-corrected chi connectivity index (χ2v) is 4.36. The van der Waals surface area contributed by atoms with Crippen LogP contribution in [0.2, 0.25) is 0 Å². The molecule has 0 aromatic carbocycles. The number of morpholine rings is 1. The van der Waals surface area contributed by atoms with Crippen LogP contribution in [0.25, 0.3) is 0 Å². The largest absolute Gasteiger partial charge is 0.448 e. The van der Waals surface area contributed by atoms with Gasteiger partial charge in [-0.1, -0.05) is 0 Å². The van der Waals surface area contributed by atoms with E-state index < -0.39 is 0 Å². The predicted octanol–water partition coefficient (Wildman–Crippen LogP) is 0.531. The molecule has 1 fully saturated rings. The van der Waals surface area contributed by atoms with Gasteiger partial charge in [-0.2, -0.15) is 0 Å². The van der Waals surface area contributed by atoms with Gasteiger partial charge >= 0.3 is 0 Å². The Kier molecular flexibility index (Phi) is 3.58. The van der Waals surface area contributed by atoms with Crippen LogP contribution in [0.5, 0.6) is 0 Å². The summed E-state index contributed by atoms with van der Waals surface area (Å²) in [7, 11) is 0. The van der Waals surface area contributed by atoms with Gasteiger partial charge in [0.05, 0.1) is 18.4 Å². The van der Waals surface area contributed by atoms with Crippen molar-refractivity contribution in [1.82, 2.24) is 9.88 Å². The second kappa shape index (κ2) is 4.95. The Morgan fingerprint density at radius 3 is 3.12 bits per heavy atom. The van der Waals surface area contributed by atoms with Gasteiger partial charge in [-0.15, -0.1) is 0 Å². The van der Waals surface area contributed by atoms with Crippen molar-refractivity contribution in [1.29, 1.82) is 0 Å². The minimum atomic E-state index is 0.0706. The highest BCUT2D eigenvalue weighted by Gasteiger charge is 2.24. The normalized spacial score (nSPS) is 24.6. The summed E-state index contributed by atoms with van der Waals surface area (Å²) in [4.78, 5) is 6.51. The smallest absolute Gasteiger partial charge is 0.181 e. The summed E-state index contributed by atoms with van der Waals surface area (Å²) in [5.41, 5.74) is 6.85. The molecule has 1 aliphatic heterocycles. The molecule has 0 aliphatic carbocycles. The second-order valence-electron chi connectivity index (χ2n) is 4.36. The van der Waals surface area contributed by atoms with Crippen LogP contribution < -0.4 is 5.73 Å². The highest BCUT2D eigenvalue weighted by atomic mass is 16.5. The van der Waals surface area contributed by atoms with Gasteiger partial charge < -0.3 is 14.9 Å². The van der Waals surface area contributed by atoms with Crippen molar-refractivity contribution < 1.29 is 9.15 Å². The van der Waals surface area contributed by atoms with E-state index in [0.29, 0.717) is 0 Å². The van der Waals surface area contributed by atoms with Crippen molar-refractivity contribution in [2.75, 3.05) is 19.7 Å². The summed E-state index contributed by atoms with van der Waals surface area (Å²) in [5, 5.41) is 0. The molecule has 16 heavy (non-hydrogen) atoms. The van der Waals surface area contributed by atoms with Gasteiger partial charge in [-0.05, 0) is 13.8 Å². The number of hydrogen-bond acceptors (Lipinski definition) is 5. The number of aryl methyl sites for hydroxylation is 1. The first-order valence-corrected chi connectivity index (χ1v) is 5.65. The molecule has 1 saturated heterocycles. The molecule has 0 radical (unpaired) electrons. The molecule has 5 nitrogen and oxygen atoms in total. The number of nitrogens with zero attached hydrogens (tertiary/aromatic N) is 2. The van der Waals surface area contributed by atoms with E-state index >= 15 is 0 Å². The first-order valence-electron chi connectivity index (χ1n) is 5.65. The van der Waals surface area contributed by atoms with Gasteiger partial charge in [-0.3, -0.25) is 4.90 Å². The lowest BCUT2D eigenvalue weighted by Gasteiger charge is -2.34. The number of aromatic nitrogens is 1. The summed E-state index contributed by atoms with van der Waals surface area (Å²) in [5.74, 6) is 0.892. The monoisotopic (exact) mass is 225 g/mol. The summed E-state index contributed by atoms with van der Waals surface area (Å²) in [6.07, 6.45) is 1.62. The molecule has 5 heteroatoms. The molecule has 2 N–H and O–H groups in total. The molecule has 1 aliphatic rings. The molecule has 1 aromatic rings. The molecule has 2 unspecified atom stereocenters. The standard InChI is InChI=1S/C11H19N3O2/c1-8(12)11-6-14(3-4-15-11)5-10-9(2)16-7-13-10/h7-8,11H,3-6,12H2,1-2H3.